The molecule has 2 heterocycles. The van der Waals surface area contributed by atoms with Gasteiger partial charge in [-0.3, -0.25) is 19.2 Å². The highest BCUT2D eigenvalue weighted by atomic mass is 79.9. The maximum absolute atomic E-state index is 12.8. The minimum absolute atomic E-state index is 0.0323. The van der Waals surface area contributed by atoms with E-state index in [1.807, 2.05) is 0 Å². The third-order valence-corrected chi connectivity index (χ3v) is 12.4. The van der Waals surface area contributed by atoms with Gasteiger partial charge in [-0.1, -0.05) is 42.2 Å². The standard InChI is InChI=1S/C29H26Br6N4O11/c30-12-1-10(18(41)8-37-27(47)17-6-29(50-39-17)4-15(33)22(43)20(35)25(29)45)2-13(31)23(12)48-9-11(40)7-36-26(46)16-5-28(49-38-16)3-14(32)21(42)19(34)24(28)44/h1-4,11,18-20,24-25,40-41,44-45H,5-9H2,(H,36,46)(H,37,47). The second-order valence-corrected chi connectivity index (χ2v) is 17.0. The number of halogens is 6. The lowest BCUT2D eigenvalue weighted by Gasteiger charge is -2.34. The van der Waals surface area contributed by atoms with Gasteiger partial charge in [0.15, 0.2) is 22.8 Å². The Balaban J connectivity index is 1.09. The predicted octanol–water partition coefficient (Wildman–Crippen LogP) is 2.22. The number of hydrogen-bond acceptors (Lipinski definition) is 13. The summed E-state index contributed by atoms with van der Waals surface area (Å²) < 4.78 is 6.94. The van der Waals surface area contributed by atoms with Crippen molar-refractivity contribution >= 4 is 130 Å². The number of benzene rings is 1. The molecule has 0 radical (unpaired) electrons. The van der Waals surface area contributed by atoms with Gasteiger partial charge in [0.1, 0.15) is 51.7 Å². The number of amides is 2. The Morgan fingerprint density at radius 3 is 1.74 bits per heavy atom. The molecular weight excluding hydrogens is 1060 g/mol. The maximum Gasteiger partial charge on any atom is 0.269 e. The van der Waals surface area contributed by atoms with Crippen LogP contribution in [0.15, 0.2) is 52.5 Å². The fraction of sp³-hybridized carbons (Fsp3) is 0.448. The highest BCUT2D eigenvalue weighted by molar-refractivity contribution is 9.12. The van der Waals surface area contributed by atoms with Gasteiger partial charge in [0, 0.05) is 25.9 Å². The van der Waals surface area contributed by atoms with Crippen molar-refractivity contribution in [3.63, 3.8) is 0 Å². The summed E-state index contributed by atoms with van der Waals surface area (Å²) >= 11 is 19.3. The number of ketones is 2. The van der Waals surface area contributed by atoms with Crippen LogP contribution in [0.25, 0.3) is 0 Å². The molecule has 0 bridgehead atoms. The van der Waals surface area contributed by atoms with Crippen molar-refractivity contribution in [2.75, 3.05) is 19.7 Å². The second-order valence-electron chi connectivity index (χ2n) is 11.6. The molecule has 2 amide bonds. The Bertz CT molecular complexity index is 1720. The van der Waals surface area contributed by atoms with E-state index in [1.54, 1.807) is 12.1 Å². The number of aliphatic hydroxyl groups excluding tert-OH is 4. The van der Waals surface area contributed by atoms with Crippen molar-refractivity contribution in [1.29, 1.82) is 0 Å². The number of nitrogens with one attached hydrogen (secondary N) is 2. The van der Waals surface area contributed by atoms with Crippen LogP contribution in [0.4, 0.5) is 0 Å². The maximum atomic E-state index is 12.8. The van der Waals surface area contributed by atoms with Gasteiger partial charge in [0.25, 0.3) is 11.8 Å². The molecule has 1 aromatic carbocycles. The third kappa shape index (κ3) is 8.01. The summed E-state index contributed by atoms with van der Waals surface area (Å²) in [5.41, 5.74) is -2.48. The number of aliphatic hydroxyl groups is 4. The van der Waals surface area contributed by atoms with Crippen LogP contribution in [0, 0.1) is 0 Å². The zero-order valence-corrected chi connectivity index (χ0v) is 34.6. The van der Waals surface area contributed by atoms with E-state index < -0.39 is 57.1 Å². The third-order valence-electron chi connectivity index (χ3n) is 8.11. The summed E-state index contributed by atoms with van der Waals surface area (Å²) in [6.07, 6.45) is -2.36. The number of oxime groups is 2. The molecular formula is C29H26Br6N4O11. The molecule has 8 unspecified atom stereocenters. The number of allylic oxidation sites excluding steroid dienone is 2. The quantitative estimate of drug-likeness (QED) is 0.187. The summed E-state index contributed by atoms with van der Waals surface area (Å²) in [6, 6.07) is 3.13. The fourth-order valence-corrected chi connectivity index (χ4v) is 10.0. The first-order valence-corrected chi connectivity index (χ1v) is 19.5. The van der Waals surface area contributed by atoms with Gasteiger partial charge < -0.3 is 45.5 Å². The van der Waals surface area contributed by atoms with Crippen LogP contribution in [0.5, 0.6) is 5.75 Å². The van der Waals surface area contributed by atoms with Gasteiger partial charge in [-0.05, 0) is 93.6 Å². The van der Waals surface area contributed by atoms with Gasteiger partial charge in [-0.25, -0.2) is 0 Å². The number of carbonyl (C=O) groups is 4. The first-order chi connectivity index (χ1) is 23.5. The lowest BCUT2D eigenvalue weighted by molar-refractivity contribution is -0.125. The van der Waals surface area contributed by atoms with E-state index in [1.165, 1.54) is 12.2 Å². The number of ether oxygens (including phenoxy) is 1. The SMILES string of the molecule is O=C(NCC(O)COc1c(Br)cc(C(O)CNC(=O)C2=NOC3(C=C(Br)C(=O)C(Br)C3O)C2)cc1Br)C1=NOC2(C=C(Br)C(=O)C(Br)C2O)C1. The van der Waals surface area contributed by atoms with Crippen LogP contribution in [-0.2, 0) is 28.9 Å². The van der Waals surface area contributed by atoms with Crippen molar-refractivity contribution in [1.82, 2.24) is 10.6 Å². The van der Waals surface area contributed by atoms with Crippen molar-refractivity contribution < 1.29 is 54.0 Å². The summed E-state index contributed by atoms with van der Waals surface area (Å²) in [7, 11) is 0. The molecule has 4 aliphatic rings. The molecule has 0 fully saturated rings. The van der Waals surface area contributed by atoms with E-state index in [0.717, 1.165) is 0 Å². The van der Waals surface area contributed by atoms with Gasteiger partial charge in [0.2, 0.25) is 0 Å². The van der Waals surface area contributed by atoms with E-state index >= 15 is 0 Å². The second kappa shape index (κ2) is 15.8. The van der Waals surface area contributed by atoms with E-state index in [-0.39, 0.29) is 64.5 Å². The zero-order chi connectivity index (χ0) is 36.7. The molecule has 0 aromatic heterocycles. The van der Waals surface area contributed by atoms with Crippen LogP contribution in [-0.4, -0.2) is 114 Å². The topological polar surface area (TPSA) is 226 Å². The molecule has 8 atom stereocenters. The fourth-order valence-electron chi connectivity index (χ4n) is 5.31. The molecule has 2 spiro atoms. The van der Waals surface area contributed by atoms with Crippen LogP contribution in [0.3, 0.4) is 0 Å². The summed E-state index contributed by atoms with van der Waals surface area (Å²) in [4.78, 5) is 58.6. The highest BCUT2D eigenvalue weighted by Gasteiger charge is 2.54. The minimum Gasteiger partial charge on any atom is -0.488 e. The average molecular weight is 1090 g/mol. The largest absolute Gasteiger partial charge is 0.488 e. The monoisotopic (exact) mass is 1080 g/mol. The number of hydrogen-bond donors (Lipinski definition) is 6. The lowest BCUT2D eigenvalue weighted by Crippen LogP contribution is -2.52. The highest BCUT2D eigenvalue weighted by Crippen LogP contribution is 2.41. The molecule has 2 aliphatic heterocycles. The van der Waals surface area contributed by atoms with E-state index in [4.69, 9.17) is 14.4 Å². The Hall–Kier alpha value is -1.56. The van der Waals surface area contributed by atoms with E-state index in [0.29, 0.717) is 20.3 Å². The molecule has 21 heteroatoms. The predicted molar refractivity (Wildman–Crippen MR) is 198 cm³/mol. The minimum atomic E-state index is -1.41. The molecule has 50 heavy (non-hydrogen) atoms. The normalized spacial score (nSPS) is 30.1. The average Bonchev–Trinajstić information content (AvgIpc) is 3.71. The van der Waals surface area contributed by atoms with Crippen molar-refractivity contribution in [2.24, 2.45) is 10.3 Å². The molecule has 0 saturated carbocycles. The number of Topliss-reactive ketones (excluding diaryl/α,β-unsaturated/α-hetero) is 2. The molecule has 5 rings (SSSR count). The molecule has 15 nitrogen and oxygen atoms in total. The van der Waals surface area contributed by atoms with Crippen molar-refractivity contribution in [3.8, 4) is 5.75 Å². The number of carbonyl (C=O) groups excluding carboxylic acids is 4. The van der Waals surface area contributed by atoms with Crippen molar-refractivity contribution in [2.45, 2.75) is 58.1 Å². The van der Waals surface area contributed by atoms with Gasteiger partial charge >= 0.3 is 0 Å². The van der Waals surface area contributed by atoms with Crippen LogP contribution in [0.2, 0.25) is 0 Å². The molecule has 6 N–H and O–H groups in total. The van der Waals surface area contributed by atoms with Gasteiger partial charge in [-0.15, -0.1) is 0 Å². The van der Waals surface area contributed by atoms with Crippen LogP contribution in [0.1, 0.15) is 24.5 Å². The van der Waals surface area contributed by atoms with Gasteiger partial charge in [0.05, 0.1) is 24.0 Å². The van der Waals surface area contributed by atoms with E-state index in [9.17, 15) is 39.6 Å². The Morgan fingerprint density at radius 2 is 1.28 bits per heavy atom. The van der Waals surface area contributed by atoms with Crippen molar-refractivity contribution in [3.05, 3.63) is 47.8 Å². The molecule has 1 aromatic rings. The first kappa shape index (κ1) is 39.6. The van der Waals surface area contributed by atoms with Crippen LogP contribution < -0.4 is 15.4 Å². The Morgan fingerprint density at radius 1 is 0.840 bits per heavy atom. The summed E-state index contributed by atoms with van der Waals surface area (Å²) in [5.74, 6) is -1.72. The number of alkyl halides is 2. The number of nitrogens with zero attached hydrogens (tertiary/aromatic N) is 2. The van der Waals surface area contributed by atoms with E-state index in [2.05, 4.69) is 117 Å². The molecule has 0 saturated heterocycles. The Kier molecular flexibility index (Phi) is 12.5. The molecule has 270 valence electrons. The summed E-state index contributed by atoms with van der Waals surface area (Å²) in [6.45, 7) is -0.653. The first-order valence-electron chi connectivity index (χ1n) is 14.5. The smallest absolute Gasteiger partial charge is 0.269 e. The number of rotatable bonds is 10. The van der Waals surface area contributed by atoms with Gasteiger partial charge in [-0.2, -0.15) is 0 Å². The lowest BCUT2D eigenvalue weighted by atomic mass is 9.83. The zero-order valence-electron chi connectivity index (χ0n) is 25.1. The Labute approximate surface area is 334 Å². The summed E-state index contributed by atoms with van der Waals surface area (Å²) in [5, 5.41) is 55.2. The molecule has 2 aliphatic carbocycles. The van der Waals surface area contributed by atoms with Crippen LogP contribution >= 0.6 is 95.6 Å².